The molecule has 0 aliphatic carbocycles. The second-order valence-corrected chi connectivity index (χ2v) is 5.45. The van der Waals surface area contributed by atoms with Gasteiger partial charge in [0, 0.05) is 0 Å². The number of benzene rings is 2. The summed E-state index contributed by atoms with van der Waals surface area (Å²) in [5.74, 6) is -0.433. The number of alkyl carbamates (subject to hydrolysis) is 1. The Labute approximate surface area is 134 Å². The van der Waals surface area contributed by atoms with Gasteiger partial charge in [0.1, 0.15) is 12.6 Å². The van der Waals surface area contributed by atoms with E-state index in [0.29, 0.717) is 5.56 Å². The molecule has 3 rings (SSSR count). The average Bonchev–Trinajstić information content (AvgIpc) is 3.00. The zero-order chi connectivity index (χ0) is 16.2. The molecule has 0 saturated carbocycles. The number of carbonyl (C=O) groups is 2. The largest absolute Gasteiger partial charge is 0.452 e. The summed E-state index contributed by atoms with van der Waals surface area (Å²) in [6.07, 6.45) is -1.10. The SMILES string of the molecule is Cc1ccc([C@H](OC(=O)c2ccccc2)[C@@H]2COC(=O)N2)cc1. The molecule has 0 spiro atoms. The predicted molar refractivity (Wildman–Crippen MR) is 84.0 cm³/mol. The average molecular weight is 311 g/mol. The van der Waals surface area contributed by atoms with Crippen molar-refractivity contribution in [3.8, 4) is 0 Å². The van der Waals surface area contributed by atoms with Crippen LogP contribution in [0.1, 0.15) is 27.6 Å². The van der Waals surface area contributed by atoms with E-state index in [2.05, 4.69) is 5.32 Å². The van der Waals surface area contributed by atoms with E-state index in [1.54, 1.807) is 24.3 Å². The highest BCUT2D eigenvalue weighted by Gasteiger charge is 2.34. The number of ether oxygens (including phenoxy) is 2. The van der Waals surface area contributed by atoms with E-state index in [-0.39, 0.29) is 6.61 Å². The van der Waals surface area contributed by atoms with Crippen molar-refractivity contribution in [2.75, 3.05) is 6.61 Å². The molecule has 1 aliphatic rings. The molecule has 2 atom stereocenters. The quantitative estimate of drug-likeness (QED) is 0.882. The maximum Gasteiger partial charge on any atom is 0.407 e. The zero-order valence-electron chi connectivity index (χ0n) is 12.7. The molecule has 1 aliphatic heterocycles. The molecule has 1 amide bonds. The monoisotopic (exact) mass is 311 g/mol. The van der Waals surface area contributed by atoms with Crippen LogP contribution in [-0.4, -0.2) is 24.7 Å². The van der Waals surface area contributed by atoms with Gasteiger partial charge < -0.3 is 14.8 Å². The van der Waals surface area contributed by atoms with Crippen LogP contribution in [-0.2, 0) is 9.47 Å². The highest BCUT2D eigenvalue weighted by atomic mass is 16.6. The molecule has 1 saturated heterocycles. The molecule has 23 heavy (non-hydrogen) atoms. The van der Waals surface area contributed by atoms with E-state index in [9.17, 15) is 9.59 Å². The summed E-state index contributed by atoms with van der Waals surface area (Å²) < 4.78 is 10.6. The fourth-order valence-corrected chi connectivity index (χ4v) is 2.46. The zero-order valence-corrected chi connectivity index (χ0v) is 12.7. The van der Waals surface area contributed by atoms with Gasteiger partial charge in [0.15, 0.2) is 6.10 Å². The molecule has 1 heterocycles. The predicted octanol–water partition coefficient (Wildman–Crippen LogP) is 3.00. The number of carbonyl (C=O) groups excluding carboxylic acids is 2. The van der Waals surface area contributed by atoms with Gasteiger partial charge in [-0.3, -0.25) is 0 Å². The van der Waals surface area contributed by atoms with Crippen LogP contribution in [0.3, 0.4) is 0 Å². The van der Waals surface area contributed by atoms with Gasteiger partial charge in [-0.25, -0.2) is 9.59 Å². The van der Waals surface area contributed by atoms with Gasteiger partial charge in [0.05, 0.1) is 5.56 Å². The third-order valence-corrected chi connectivity index (χ3v) is 3.71. The molecular formula is C18H17NO4. The van der Waals surface area contributed by atoms with Crippen molar-refractivity contribution in [2.45, 2.75) is 19.1 Å². The fraction of sp³-hybridized carbons (Fsp3) is 0.222. The summed E-state index contributed by atoms with van der Waals surface area (Å²) in [7, 11) is 0. The highest BCUT2D eigenvalue weighted by Crippen LogP contribution is 2.26. The summed E-state index contributed by atoms with van der Waals surface area (Å²) >= 11 is 0. The first kappa shape index (κ1) is 15.1. The van der Waals surface area contributed by atoms with Gasteiger partial charge >= 0.3 is 12.1 Å². The second-order valence-electron chi connectivity index (χ2n) is 5.45. The molecule has 5 heteroatoms. The summed E-state index contributed by atoms with van der Waals surface area (Å²) in [5, 5.41) is 2.69. The second kappa shape index (κ2) is 6.52. The van der Waals surface area contributed by atoms with Crippen molar-refractivity contribution < 1.29 is 19.1 Å². The Bertz CT molecular complexity index is 697. The summed E-state index contributed by atoms with van der Waals surface area (Å²) in [6.45, 7) is 2.15. The Morgan fingerprint density at radius 2 is 1.87 bits per heavy atom. The van der Waals surface area contributed by atoms with Crippen LogP contribution in [0.25, 0.3) is 0 Å². The van der Waals surface area contributed by atoms with Crippen LogP contribution < -0.4 is 5.32 Å². The maximum absolute atomic E-state index is 12.4. The number of amides is 1. The Hall–Kier alpha value is -2.82. The lowest BCUT2D eigenvalue weighted by Crippen LogP contribution is -2.35. The standard InChI is InChI=1S/C18H17NO4/c1-12-7-9-13(10-8-12)16(15-11-22-18(21)19-15)23-17(20)14-5-3-2-4-6-14/h2-10,15-16H,11H2,1H3,(H,19,21)/t15-,16-/m0/s1. The maximum atomic E-state index is 12.4. The van der Waals surface area contributed by atoms with Crippen molar-refractivity contribution in [1.29, 1.82) is 0 Å². The molecule has 2 aromatic rings. The number of cyclic esters (lactones) is 1. The van der Waals surface area contributed by atoms with Crippen LogP contribution in [0.5, 0.6) is 0 Å². The van der Waals surface area contributed by atoms with Gasteiger partial charge in [-0.2, -0.15) is 0 Å². The Morgan fingerprint density at radius 3 is 2.48 bits per heavy atom. The lowest BCUT2D eigenvalue weighted by Gasteiger charge is -2.22. The van der Waals surface area contributed by atoms with Crippen LogP contribution in [0.15, 0.2) is 54.6 Å². The lowest BCUT2D eigenvalue weighted by molar-refractivity contribution is 0.0203. The van der Waals surface area contributed by atoms with E-state index < -0.39 is 24.2 Å². The van der Waals surface area contributed by atoms with Crippen LogP contribution in [0.2, 0.25) is 0 Å². The van der Waals surface area contributed by atoms with Gasteiger partial charge in [0.25, 0.3) is 0 Å². The van der Waals surface area contributed by atoms with Crippen molar-refractivity contribution in [3.63, 3.8) is 0 Å². The van der Waals surface area contributed by atoms with Crippen molar-refractivity contribution >= 4 is 12.1 Å². The van der Waals surface area contributed by atoms with E-state index in [1.807, 2.05) is 37.3 Å². The Balaban J connectivity index is 1.84. The van der Waals surface area contributed by atoms with Crippen molar-refractivity contribution in [2.24, 2.45) is 0 Å². The van der Waals surface area contributed by atoms with Crippen molar-refractivity contribution in [3.05, 3.63) is 71.3 Å². The lowest BCUT2D eigenvalue weighted by atomic mass is 10.0. The minimum atomic E-state index is -0.602. The fourth-order valence-electron chi connectivity index (χ4n) is 2.46. The Kier molecular flexibility index (Phi) is 4.28. The molecule has 1 fully saturated rings. The highest BCUT2D eigenvalue weighted by molar-refractivity contribution is 5.89. The first-order chi connectivity index (χ1) is 11.1. The van der Waals surface area contributed by atoms with E-state index in [4.69, 9.17) is 9.47 Å². The third-order valence-electron chi connectivity index (χ3n) is 3.71. The normalized spacial score (nSPS) is 18.0. The number of nitrogens with one attached hydrogen (secondary N) is 1. The third kappa shape index (κ3) is 3.51. The minimum absolute atomic E-state index is 0.166. The van der Waals surface area contributed by atoms with Crippen molar-refractivity contribution in [1.82, 2.24) is 5.32 Å². The number of esters is 1. The number of hydrogen-bond acceptors (Lipinski definition) is 4. The molecule has 0 radical (unpaired) electrons. The molecule has 5 nitrogen and oxygen atoms in total. The summed E-state index contributed by atoms with van der Waals surface area (Å²) in [6, 6.07) is 16.0. The number of hydrogen-bond donors (Lipinski definition) is 1. The van der Waals surface area contributed by atoms with Gasteiger partial charge in [-0.15, -0.1) is 0 Å². The van der Waals surface area contributed by atoms with Crippen LogP contribution in [0, 0.1) is 6.92 Å². The molecular weight excluding hydrogens is 294 g/mol. The Morgan fingerprint density at radius 1 is 1.17 bits per heavy atom. The topological polar surface area (TPSA) is 64.6 Å². The molecule has 0 aromatic heterocycles. The van der Waals surface area contributed by atoms with Gasteiger partial charge in [-0.05, 0) is 24.6 Å². The molecule has 1 N–H and O–H groups in total. The van der Waals surface area contributed by atoms with Gasteiger partial charge in [-0.1, -0.05) is 48.0 Å². The molecule has 0 unspecified atom stereocenters. The molecule has 118 valence electrons. The molecule has 0 bridgehead atoms. The van der Waals surface area contributed by atoms with E-state index in [0.717, 1.165) is 11.1 Å². The summed E-state index contributed by atoms with van der Waals surface area (Å²) in [4.78, 5) is 23.7. The van der Waals surface area contributed by atoms with Crippen LogP contribution in [0.4, 0.5) is 4.79 Å². The minimum Gasteiger partial charge on any atom is -0.452 e. The first-order valence-electron chi connectivity index (χ1n) is 7.39. The number of aryl methyl sites for hydroxylation is 1. The van der Waals surface area contributed by atoms with Crippen LogP contribution >= 0.6 is 0 Å². The van der Waals surface area contributed by atoms with Gasteiger partial charge in [0.2, 0.25) is 0 Å². The number of rotatable bonds is 4. The summed E-state index contributed by atoms with van der Waals surface area (Å²) in [5.41, 5.74) is 2.39. The van der Waals surface area contributed by atoms with E-state index in [1.165, 1.54) is 0 Å². The smallest absolute Gasteiger partial charge is 0.407 e. The van der Waals surface area contributed by atoms with E-state index >= 15 is 0 Å². The first-order valence-corrected chi connectivity index (χ1v) is 7.39. The molecule has 2 aromatic carbocycles.